The van der Waals surface area contributed by atoms with Gasteiger partial charge in [0.15, 0.2) is 0 Å². The number of rotatable bonds is 4. The third-order valence-corrected chi connectivity index (χ3v) is 2.09. The molecule has 0 bridgehead atoms. The molecular formula is C11H13F2NO3. The van der Waals surface area contributed by atoms with E-state index in [1.807, 2.05) is 0 Å². The molecule has 0 fully saturated rings. The number of halogens is 2. The Morgan fingerprint density at radius 2 is 2.18 bits per heavy atom. The van der Waals surface area contributed by atoms with Crippen molar-refractivity contribution in [1.82, 2.24) is 4.98 Å². The molecule has 1 rings (SSSR count). The van der Waals surface area contributed by atoms with Gasteiger partial charge in [0, 0.05) is 5.56 Å². The van der Waals surface area contributed by atoms with Gasteiger partial charge in [0.25, 0.3) is 6.43 Å². The minimum Gasteiger partial charge on any atom is -0.481 e. The number of carbonyl (C=O) groups is 1. The Bertz CT molecular complexity index is 421. The molecule has 0 aliphatic carbocycles. The van der Waals surface area contributed by atoms with Gasteiger partial charge >= 0.3 is 5.97 Å². The lowest BCUT2D eigenvalue weighted by atomic mass is 10.1. The SMILES string of the molecule is CCOC(=O)c1cc(C)c(OC)nc1C(F)F. The monoisotopic (exact) mass is 245 g/mol. The molecule has 0 spiro atoms. The predicted octanol–water partition coefficient (Wildman–Crippen LogP) is 2.51. The van der Waals surface area contributed by atoms with Crippen LogP contribution in [0.1, 0.15) is 35.0 Å². The molecule has 1 aromatic heterocycles. The number of pyridine rings is 1. The minimum atomic E-state index is -2.86. The first-order valence-electron chi connectivity index (χ1n) is 5.02. The van der Waals surface area contributed by atoms with Crippen molar-refractivity contribution in [2.24, 2.45) is 0 Å². The van der Waals surface area contributed by atoms with E-state index in [4.69, 9.17) is 9.47 Å². The first-order valence-corrected chi connectivity index (χ1v) is 5.02. The van der Waals surface area contributed by atoms with Crippen LogP contribution in [0.25, 0.3) is 0 Å². The van der Waals surface area contributed by atoms with Gasteiger partial charge in [-0.2, -0.15) is 0 Å². The molecule has 0 aliphatic rings. The molecule has 0 amide bonds. The summed E-state index contributed by atoms with van der Waals surface area (Å²) < 4.78 is 35.0. The van der Waals surface area contributed by atoms with E-state index in [-0.39, 0.29) is 18.1 Å². The van der Waals surface area contributed by atoms with Crippen LogP contribution in [0.2, 0.25) is 0 Å². The molecule has 0 aliphatic heterocycles. The summed E-state index contributed by atoms with van der Waals surface area (Å²) in [4.78, 5) is 15.1. The van der Waals surface area contributed by atoms with Crippen molar-refractivity contribution in [2.75, 3.05) is 13.7 Å². The van der Waals surface area contributed by atoms with E-state index in [0.717, 1.165) is 0 Å². The maximum absolute atomic E-state index is 12.8. The summed E-state index contributed by atoms with van der Waals surface area (Å²) in [5.41, 5.74) is -0.342. The van der Waals surface area contributed by atoms with E-state index in [2.05, 4.69) is 4.98 Å². The zero-order chi connectivity index (χ0) is 13.0. The number of hydrogen-bond donors (Lipinski definition) is 0. The van der Waals surface area contributed by atoms with Gasteiger partial charge in [0.1, 0.15) is 5.69 Å². The smallest absolute Gasteiger partial charge is 0.340 e. The molecule has 0 aromatic carbocycles. The summed E-state index contributed by atoms with van der Waals surface area (Å²) in [7, 11) is 1.33. The second-order valence-electron chi connectivity index (χ2n) is 3.27. The van der Waals surface area contributed by atoms with Crippen molar-refractivity contribution in [3.05, 3.63) is 22.9 Å². The van der Waals surface area contributed by atoms with Gasteiger partial charge in [-0.15, -0.1) is 0 Å². The summed E-state index contributed by atoms with van der Waals surface area (Å²) >= 11 is 0. The number of methoxy groups -OCH3 is 1. The molecule has 0 unspecified atom stereocenters. The van der Waals surface area contributed by atoms with E-state index in [9.17, 15) is 13.6 Å². The zero-order valence-corrected chi connectivity index (χ0v) is 9.79. The molecule has 0 radical (unpaired) electrons. The molecule has 1 heterocycles. The van der Waals surface area contributed by atoms with Gasteiger partial charge in [0.05, 0.1) is 19.3 Å². The number of esters is 1. The van der Waals surface area contributed by atoms with Crippen molar-refractivity contribution < 1.29 is 23.0 Å². The standard InChI is InChI=1S/C11H13F2NO3/c1-4-17-11(15)7-5-6(2)10(16-3)14-8(7)9(12)13/h5,9H,4H2,1-3H3. The van der Waals surface area contributed by atoms with Crippen molar-refractivity contribution >= 4 is 5.97 Å². The van der Waals surface area contributed by atoms with Gasteiger partial charge in [0.2, 0.25) is 5.88 Å². The summed E-state index contributed by atoms with van der Waals surface area (Å²) in [5, 5.41) is 0. The number of aromatic nitrogens is 1. The normalized spacial score (nSPS) is 10.5. The van der Waals surface area contributed by atoms with Crippen molar-refractivity contribution in [1.29, 1.82) is 0 Å². The van der Waals surface area contributed by atoms with E-state index in [1.165, 1.54) is 13.2 Å². The van der Waals surface area contributed by atoms with Crippen LogP contribution in [-0.4, -0.2) is 24.7 Å². The summed E-state index contributed by atoms with van der Waals surface area (Å²) in [6.07, 6.45) is -2.86. The first-order chi connectivity index (χ1) is 8.01. The Morgan fingerprint density at radius 1 is 1.53 bits per heavy atom. The molecule has 0 N–H and O–H groups in total. The fraction of sp³-hybridized carbons (Fsp3) is 0.455. The van der Waals surface area contributed by atoms with Crippen LogP contribution in [0.5, 0.6) is 5.88 Å². The Morgan fingerprint density at radius 3 is 2.65 bits per heavy atom. The fourth-order valence-corrected chi connectivity index (χ4v) is 1.36. The van der Waals surface area contributed by atoms with Gasteiger partial charge < -0.3 is 9.47 Å². The highest BCUT2D eigenvalue weighted by Gasteiger charge is 2.23. The number of aryl methyl sites for hydroxylation is 1. The molecule has 17 heavy (non-hydrogen) atoms. The number of carbonyl (C=O) groups excluding carboxylic acids is 1. The molecule has 1 aromatic rings. The van der Waals surface area contributed by atoms with Crippen LogP contribution < -0.4 is 4.74 Å². The topological polar surface area (TPSA) is 48.4 Å². The van der Waals surface area contributed by atoms with E-state index in [1.54, 1.807) is 13.8 Å². The molecule has 6 heteroatoms. The van der Waals surface area contributed by atoms with Crippen LogP contribution in [0.15, 0.2) is 6.07 Å². The highest BCUT2D eigenvalue weighted by atomic mass is 19.3. The summed E-state index contributed by atoms with van der Waals surface area (Å²) in [6, 6.07) is 1.30. The van der Waals surface area contributed by atoms with Crippen LogP contribution in [0.4, 0.5) is 8.78 Å². The Labute approximate surface area is 97.6 Å². The van der Waals surface area contributed by atoms with E-state index >= 15 is 0 Å². The van der Waals surface area contributed by atoms with E-state index in [0.29, 0.717) is 5.56 Å². The Kier molecular flexibility index (Phi) is 4.37. The molecule has 0 saturated heterocycles. The first kappa shape index (κ1) is 13.3. The highest BCUT2D eigenvalue weighted by Crippen LogP contribution is 2.26. The Balaban J connectivity index is 3.27. The molecular weight excluding hydrogens is 232 g/mol. The molecule has 94 valence electrons. The fourth-order valence-electron chi connectivity index (χ4n) is 1.36. The third kappa shape index (κ3) is 2.89. The van der Waals surface area contributed by atoms with Crippen LogP contribution in [0, 0.1) is 6.92 Å². The van der Waals surface area contributed by atoms with Crippen molar-refractivity contribution in [3.63, 3.8) is 0 Å². The van der Waals surface area contributed by atoms with Crippen LogP contribution in [0.3, 0.4) is 0 Å². The van der Waals surface area contributed by atoms with Crippen LogP contribution in [-0.2, 0) is 4.74 Å². The zero-order valence-electron chi connectivity index (χ0n) is 9.79. The lowest BCUT2D eigenvalue weighted by Gasteiger charge is -2.11. The molecule has 4 nitrogen and oxygen atoms in total. The quantitative estimate of drug-likeness (QED) is 0.765. The van der Waals surface area contributed by atoms with Gasteiger partial charge in [-0.1, -0.05) is 0 Å². The number of alkyl halides is 2. The van der Waals surface area contributed by atoms with Crippen molar-refractivity contribution in [3.8, 4) is 5.88 Å². The van der Waals surface area contributed by atoms with Crippen molar-refractivity contribution in [2.45, 2.75) is 20.3 Å². The summed E-state index contributed by atoms with van der Waals surface area (Å²) in [6.45, 7) is 3.33. The van der Waals surface area contributed by atoms with Gasteiger partial charge in [-0.25, -0.2) is 18.6 Å². The number of hydrogen-bond acceptors (Lipinski definition) is 4. The maximum atomic E-state index is 12.8. The third-order valence-electron chi connectivity index (χ3n) is 2.09. The molecule has 0 atom stereocenters. The highest BCUT2D eigenvalue weighted by molar-refractivity contribution is 5.91. The average molecular weight is 245 g/mol. The maximum Gasteiger partial charge on any atom is 0.340 e. The largest absolute Gasteiger partial charge is 0.481 e. The molecule has 0 saturated carbocycles. The lowest BCUT2D eigenvalue weighted by Crippen LogP contribution is -2.11. The minimum absolute atomic E-state index is 0.0772. The summed E-state index contributed by atoms with van der Waals surface area (Å²) in [5.74, 6) is -0.727. The second kappa shape index (κ2) is 5.56. The number of nitrogens with zero attached hydrogens (tertiary/aromatic N) is 1. The van der Waals surface area contributed by atoms with E-state index < -0.39 is 18.1 Å². The van der Waals surface area contributed by atoms with Crippen LogP contribution >= 0.6 is 0 Å². The van der Waals surface area contributed by atoms with Gasteiger partial charge in [-0.3, -0.25) is 0 Å². The number of ether oxygens (including phenoxy) is 2. The van der Waals surface area contributed by atoms with Gasteiger partial charge in [-0.05, 0) is 19.9 Å². The average Bonchev–Trinajstić information content (AvgIpc) is 2.28. The lowest BCUT2D eigenvalue weighted by molar-refractivity contribution is 0.0513. The second-order valence-corrected chi connectivity index (χ2v) is 3.27. The predicted molar refractivity (Wildman–Crippen MR) is 56.4 cm³/mol. The Hall–Kier alpha value is -1.72.